The van der Waals surface area contributed by atoms with Crippen molar-refractivity contribution in [1.82, 2.24) is 10.2 Å². The first-order chi connectivity index (χ1) is 8.70. The molecule has 0 unspecified atom stereocenters. The number of rotatable bonds is 3. The molecule has 0 atom stereocenters. The second-order valence-electron chi connectivity index (χ2n) is 4.01. The summed E-state index contributed by atoms with van der Waals surface area (Å²) in [7, 11) is 0. The lowest BCUT2D eigenvalue weighted by Crippen LogP contribution is -2.01. The van der Waals surface area contributed by atoms with Gasteiger partial charge in [-0.2, -0.15) is 10.4 Å². The van der Waals surface area contributed by atoms with Gasteiger partial charge in [-0.1, -0.05) is 18.2 Å². The second kappa shape index (κ2) is 5.28. The van der Waals surface area contributed by atoms with Crippen molar-refractivity contribution in [3.8, 4) is 11.9 Å². The first-order valence-corrected chi connectivity index (χ1v) is 5.62. The van der Waals surface area contributed by atoms with Gasteiger partial charge in [-0.15, -0.1) is 5.10 Å². The van der Waals surface area contributed by atoms with Gasteiger partial charge in [0.25, 0.3) is 0 Å². The van der Waals surface area contributed by atoms with Gasteiger partial charge in [-0.3, -0.25) is 0 Å². The first-order valence-electron chi connectivity index (χ1n) is 5.62. The molecule has 0 saturated carbocycles. The van der Waals surface area contributed by atoms with Crippen molar-refractivity contribution in [1.29, 1.82) is 5.26 Å². The fraction of sp³-hybridized carbons (Fsp3) is 0.214. The summed E-state index contributed by atoms with van der Waals surface area (Å²) in [6.45, 7) is 4.18. The number of hydrogen-bond acceptors (Lipinski definition) is 4. The van der Waals surface area contributed by atoms with E-state index in [1.165, 1.54) is 0 Å². The molecule has 1 aromatic carbocycles. The van der Waals surface area contributed by atoms with Crippen LogP contribution in [0.25, 0.3) is 0 Å². The number of benzene rings is 1. The van der Waals surface area contributed by atoms with Gasteiger partial charge in [0.1, 0.15) is 6.61 Å². The van der Waals surface area contributed by atoms with Crippen molar-refractivity contribution >= 4 is 0 Å². The molecule has 0 N–H and O–H groups in total. The largest absolute Gasteiger partial charge is 0.472 e. The van der Waals surface area contributed by atoms with Crippen molar-refractivity contribution in [2.45, 2.75) is 20.5 Å². The number of nitriles is 1. The van der Waals surface area contributed by atoms with Crippen LogP contribution < -0.4 is 4.74 Å². The average molecular weight is 239 g/mol. The first kappa shape index (κ1) is 12.1. The summed E-state index contributed by atoms with van der Waals surface area (Å²) in [4.78, 5) is 0. The molecule has 0 aliphatic heterocycles. The highest BCUT2D eigenvalue weighted by Crippen LogP contribution is 2.14. The van der Waals surface area contributed by atoms with E-state index in [0.29, 0.717) is 18.1 Å². The zero-order valence-corrected chi connectivity index (χ0v) is 10.3. The van der Waals surface area contributed by atoms with Gasteiger partial charge in [-0.05, 0) is 25.5 Å². The quantitative estimate of drug-likeness (QED) is 0.825. The summed E-state index contributed by atoms with van der Waals surface area (Å²) in [6, 6.07) is 11.3. The normalized spacial score (nSPS) is 9.83. The van der Waals surface area contributed by atoms with E-state index in [2.05, 4.69) is 16.3 Å². The molecule has 0 saturated heterocycles. The van der Waals surface area contributed by atoms with Crippen molar-refractivity contribution in [3.63, 3.8) is 0 Å². The highest BCUT2D eigenvalue weighted by molar-refractivity contribution is 5.37. The smallest absolute Gasteiger partial charge is 0.233 e. The molecule has 0 aliphatic rings. The van der Waals surface area contributed by atoms with E-state index in [1.807, 2.05) is 38.1 Å². The number of aryl methyl sites for hydroxylation is 2. The number of hydrogen-bond donors (Lipinski definition) is 0. The van der Waals surface area contributed by atoms with E-state index in [1.54, 1.807) is 6.07 Å². The maximum atomic E-state index is 8.96. The van der Waals surface area contributed by atoms with Gasteiger partial charge >= 0.3 is 0 Å². The van der Waals surface area contributed by atoms with Crippen LogP contribution in [0.3, 0.4) is 0 Å². The fourth-order valence-electron chi connectivity index (χ4n) is 1.50. The number of nitrogens with zero attached hydrogens (tertiary/aromatic N) is 3. The van der Waals surface area contributed by atoms with Crippen LogP contribution in [0, 0.1) is 25.2 Å². The average Bonchev–Trinajstić information content (AvgIpc) is 2.40. The molecule has 2 rings (SSSR count). The molecule has 0 bridgehead atoms. The van der Waals surface area contributed by atoms with Crippen molar-refractivity contribution < 1.29 is 4.74 Å². The van der Waals surface area contributed by atoms with Gasteiger partial charge < -0.3 is 4.74 Å². The Bertz CT molecular complexity index is 602. The maximum Gasteiger partial charge on any atom is 0.233 e. The summed E-state index contributed by atoms with van der Waals surface area (Å²) in [5, 5.41) is 16.9. The van der Waals surface area contributed by atoms with Crippen LogP contribution in [0.4, 0.5) is 0 Å². The zero-order chi connectivity index (χ0) is 13.0. The third-order valence-electron chi connectivity index (χ3n) is 2.72. The van der Waals surface area contributed by atoms with Crippen LogP contribution in [-0.2, 0) is 6.61 Å². The molecule has 1 heterocycles. The Morgan fingerprint density at radius 1 is 1.22 bits per heavy atom. The molecule has 4 heteroatoms. The Morgan fingerprint density at radius 3 is 2.72 bits per heavy atom. The monoisotopic (exact) mass is 239 g/mol. The summed E-state index contributed by atoms with van der Waals surface area (Å²) in [5.41, 5.74) is 3.39. The third-order valence-corrected chi connectivity index (χ3v) is 2.72. The minimum Gasteiger partial charge on any atom is -0.472 e. The Morgan fingerprint density at radius 2 is 2.00 bits per heavy atom. The van der Waals surface area contributed by atoms with Crippen molar-refractivity contribution in [3.05, 3.63) is 52.7 Å². The zero-order valence-electron chi connectivity index (χ0n) is 10.3. The van der Waals surface area contributed by atoms with E-state index in [9.17, 15) is 0 Å². The molecular formula is C14H13N3O. The molecule has 0 aliphatic carbocycles. The Balaban J connectivity index is 2.12. The van der Waals surface area contributed by atoms with Crippen molar-refractivity contribution in [2.24, 2.45) is 0 Å². The lowest BCUT2D eigenvalue weighted by Gasteiger charge is -2.07. The van der Waals surface area contributed by atoms with E-state index in [4.69, 9.17) is 10.00 Å². The van der Waals surface area contributed by atoms with Gasteiger partial charge in [0.2, 0.25) is 5.88 Å². The van der Waals surface area contributed by atoms with Crippen LogP contribution in [0.15, 0.2) is 30.3 Å². The molecule has 0 fully saturated rings. The van der Waals surface area contributed by atoms with E-state index in [0.717, 1.165) is 16.8 Å². The summed E-state index contributed by atoms with van der Waals surface area (Å²) < 4.78 is 5.55. The lowest BCUT2D eigenvalue weighted by molar-refractivity contribution is 0.289. The van der Waals surface area contributed by atoms with Crippen LogP contribution in [0.5, 0.6) is 5.88 Å². The summed E-state index contributed by atoms with van der Waals surface area (Å²) in [6.07, 6.45) is 0. The lowest BCUT2D eigenvalue weighted by atomic mass is 10.1. The summed E-state index contributed by atoms with van der Waals surface area (Å²) in [5.74, 6) is 0.478. The van der Waals surface area contributed by atoms with E-state index >= 15 is 0 Å². The van der Waals surface area contributed by atoms with Gasteiger partial charge in [0, 0.05) is 11.6 Å². The van der Waals surface area contributed by atoms with E-state index < -0.39 is 0 Å². The van der Waals surface area contributed by atoms with Crippen LogP contribution in [-0.4, -0.2) is 10.2 Å². The van der Waals surface area contributed by atoms with Gasteiger partial charge in [-0.25, -0.2) is 0 Å². The minimum atomic E-state index is 0.320. The molecule has 2 aromatic rings. The predicted octanol–water partition coefficient (Wildman–Crippen LogP) is 2.54. The molecule has 1 aromatic heterocycles. The molecule has 0 radical (unpaired) electrons. The molecule has 18 heavy (non-hydrogen) atoms. The number of aromatic nitrogens is 2. The van der Waals surface area contributed by atoms with Crippen LogP contribution >= 0.6 is 0 Å². The third kappa shape index (κ3) is 2.64. The molecule has 0 spiro atoms. The molecule has 90 valence electrons. The van der Waals surface area contributed by atoms with Crippen molar-refractivity contribution in [2.75, 3.05) is 0 Å². The predicted molar refractivity (Wildman–Crippen MR) is 67.0 cm³/mol. The highest BCUT2D eigenvalue weighted by Gasteiger charge is 2.04. The van der Waals surface area contributed by atoms with Crippen LogP contribution in [0.2, 0.25) is 0 Å². The topological polar surface area (TPSA) is 58.8 Å². The SMILES string of the molecule is Cc1cc(OCc2ccccc2C#N)nnc1C. The molecule has 0 amide bonds. The molecule has 4 nitrogen and oxygen atoms in total. The van der Waals surface area contributed by atoms with Gasteiger partial charge in [0.15, 0.2) is 0 Å². The molecular weight excluding hydrogens is 226 g/mol. The minimum absolute atomic E-state index is 0.320. The Hall–Kier alpha value is -2.41. The van der Waals surface area contributed by atoms with Gasteiger partial charge in [0.05, 0.1) is 17.3 Å². The number of ether oxygens (including phenoxy) is 1. The van der Waals surface area contributed by atoms with Crippen LogP contribution in [0.1, 0.15) is 22.4 Å². The second-order valence-corrected chi connectivity index (χ2v) is 4.01. The Kier molecular flexibility index (Phi) is 3.54. The summed E-state index contributed by atoms with van der Waals surface area (Å²) >= 11 is 0. The standard InChI is InChI=1S/C14H13N3O/c1-10-7-14(17-16-11(10)2)18-9-13-6-4-3-5-12(13)8-15/h3-7H,9H2,1-2H3. The van der Waals surface area contributed by atoms with E-state index in [-0.39, 0.29) is 0 Å². The fourth-order valence-corrected chi connectivity index (χ4v) is 1.50. The Labute approximate surface area is 106 Å². The highest BCUT2D eigenvalue weighted by atomic mass is 16.5. The maximum absolute atomic E-state index is 8.96.